The quantitative estimate of drug-likeness (QED) is 0.851. The van der Waals surface area contributed by atoms with E-state index >= 15 is 0 Å². The first-order valence-electron chi connectivity index (χ1n) is 6.54. The third-order valence-corrected chi connectivity index (χ3v) is 3.61. The first-order chi connectivity index (χ1) is 10.4. The second-order valence-electron chi connectivity index (χ2n) is 4.61. The molecule has 0 radical (unpaired) electrons. The smallest absolute Gasteiger partial charge is 0.351 e. The van der Waals surface area contributed by atoms with Crippen molar-refractivity contribution in [2.24, 2.45) is 0 Å². The molecule has 0 fully saturated rings. The van der Waals surface area contributed by atoms with Crippen LogP contribution >= 0.6 is 11.8 Å². The van der Waals surface area contributed by atoms with Crippen molar-refractivity contribution in [3.8, 4) is 5.69 Å². The highest BCUT2D eigenvalue weighted by Gasteiger charge is 2.32. The second kappa shape index (κ2) is 6.91. The number of aromatic nitrogens is 1. The summed E-state index contributed by atoms with van der Waals surface area (Å²) >= 11 is 1.55. The van der Waals surface area contributed by atoms with E-state index in [-0.39, 0.29) is 5.56 Å². The van der Waals surface area contributed by atoms with Gasteiger partial charge in [-0.15, -0.1) is 0 Å². The highest BCUT2D eigenvalue weighted by molar-refractivity contribution is 7.98. The SMILES string of the molecule is CSCCNC(=O)c1cc(-n2cccc2)cc(C(F)(F)F)c1. The molecule has 7 heteroatoms. The Bertz CT molecular complexity index is 639. The highest BCUT2D eigenvalue weighted by atomic mass is 32.2. The molecule has 0 unspecified atom stereocenters. The largest absolute Gasteiger partial charge is 0.416 e. The average molecular weight is 328 g/mol. The first kappa shape index (κ1) is 16.5. The maximum Gasteiger partial charge on any atom is 0.416 e. The fourth-order valence-corrected chi connectivity index (χ4v) is 2.24. The molecule has 1 heterocycles. The van der Waals surface area contributed by atoms with Gasteiger partial charge >= 0.3 is 6.18 Å². The second-order valence-corrected chi connectivity index (χ2v) is 5.59. The van der Waals surface area contributed by atoms with Crippen molar-refractivity contribution in [2.45, 2.75) is 6.18 Å². The molecular formula is C15H15F3N2OS. The van der Waals surface area contributed by atoms with Gasteiger partial charge < -0.3 is 9.88 Å². The van der Waals surface area contributed by atoms with Crippen LogP contribution in [0.1, 0.15) is 15.9 Å². The van der Waals surface area contributed by atoms with E-state index in [0.29, 0.717) is 18.0 Å². The molecule has 3 nitrogen and oxygen atoms in total. The summed E-state index contributed by atoms with van der Waals surface area (Å²) in [5.41, 5.74) is -0.539. The van der Waals surface area contributed by atoms with Gasteiger partial charge in [-0.1, -0.05) is 0 Å². The minimum atomic E-state index is -4.50. The lowest BCUT2D eigenvalue weighted by molar-refractivity contribution is -0.137. The van der Waals surface area contributed by atoms with Crippen molar-refractivity contribution < 1.29 is 18.0 Å². The number of hydrogen-bond acceptors (Lipinski definition) is 2. The van der Waals surface area contributed by atoms with Gasteiger partial charge in [-0.3, -0.25) is 4.79 Å². The zero-order chi connectivity index (χ0) is 16.2. The van der Waals surface area contributed by atoms with Crippen LogP contribution in [0.5, 0.6) is 0 Å². The molecular weight excluding hydrogens is 313 g/mol. The van der Waals surface area contributed by atoms with Crippen LogP contribution in [0.2, 0.25) is 0 Å². The summed E-state index contributed by atoms with van der Waals surface area (Å²) < 4.78 is 40.6. The monoisotopic (exact) mass is 328 g/mol. The van der Waals surface area contributed by atoms with E-state index in [4.69, 9.17) is 0 Å². The summed E-state index contributed by atoms with van der Waals surface area (Å²) in [4.78, 5) is 12.0. The Labute approximate surface area is 130 Å². The molecule has 118 valence electrons. The molecule has 0 spiro atoms. The standard InChI is InChI=1S/C15H15F3N2OS/c1-22-7-4-19-14(21)11-8-12(15(16,17)18)10-13(9-11)20-5-2-3-6-20/h2-3,5-6,8-10H,4,7H2,1H3,(H,19,21). The molecule has 2 rings (SSSR count). The maximum absolute atomic E-state index is 13.0. The number of carbonyl (C=O) groups is 1. The minimum absolute atomic E-state index is 0.000344. The Balaban J connectivity index is 2.36. The van der Waals surface area contributed by atoms with Crippen LogP contribution in [-0.4, -0.2) is 29.0 Å². The Morgan fingerprint density at radius 1 is 1.23 bits per heavy atom. The van der Waals surface area contributed by atoms with E-state index in [1.165, 1.54) is 10.6 Å². The van der Waals surface area contributed by atoms with Gasteiger partial charge in [0.25, 0.3) is 5.91 Å². The molecule has 1 N–H and O–H groups in total. The molecule has 22 heavy (non-hydrogen) atoms. The Kier molecular flexibility index (Phi) is 5.18. The fraction of sp³-hybridized carbons (Fsp3) is 0.267. The van der Waals surface area contributed by atoms with Gasteiger partial charge in [0.15, 0.2) is 0 Å². The number of alkyl halides is 3. The van der Waals surface area contributed by atoms with Crippen LogP contribution in [0, 0.1) is 0 Å². The van der Waals surface area contributed by atoms with Crippen LogP contribution in [-0.2, 0) is 6.18 Å². The zero-order valence-corrected chi connectivity index (χ0v) is 12.7. The summed E-state index contributed by atoms with van der Waals surface area (Å²) in [5.74, 6) is 0.198. The van der Waals surface area contributed by atoms with Crippen molar-refractivity contribution in [1.29, 1.82) is 0 Å². The molecule has 2 aromatic rings. The summed E-state index contributed by atoms with van der Waals surface area (Å²) in [6.45, 7) is 0.412. The molecule has 0 bridgehead atoms. The Morgan fingerprint density at radius 2 is 1.91 bits per heavy atom. The molecule has 0 saturated carbocycles. The number of hydrogen-bond donors (Lipinski definition) is 1. The number of benzene rings is 1. The van der Waals surface area contributed by atoms with Crippen molar-refractivity contribution >= 4 is 17.7 Å². The summed E-state index contributed by atoms with van der Waals surface area (Å²) in [5, 5.41) is 2.61. The first-order valence-corrected chi connectivity index (χ1v) is 7.94. The van der Waals surface area contributed by atoms with Crippen molar-refractivity contribution in [3.05, 3.63) is 53.9 Å². The lowest BCUT2D eigenvalue weighted by Crippen LogP contribution is -2.26. The summed E-state index contributed by atoms with van der Waals surface area (Å²) in [7, 11) is 0. The van der Waals surface area contributed by atoms with Crippen LogP contribution < -0.4 is 5.32 Å². The molecule has 0 aliphatic heterocycles. The number of rotatable bonds is 5. The Morgan fingerprint density at radius 3 is 2.50 bits per heavy atom. The number of halogens is 3. The molecule has 0 saturated heterocycles. The molecule has 0 atom stereocenters. The number of thioether (sulfide) groups is 1. The predicted molar refractivity (Wildman–Crippen MR) is 81.5 cm³/mol. The van der Waals surface area contributed by atoms with E-state index in [1.807, 2.05) is 6.26 Å². The van der Waals surface area contributed by atoms with Crippen LogP contribution in [0.15, 0.2) is 42.7 Å². The normalized spacial score (nSPS) is 11.5. The molecule has 1 aromatic carbocycles. The highest BCUT2D eigenvalue weighted by Crippen LogP contribution is 2.31. The molecule has 1 aromatic heterocycles. The fourth-order valence-electron chi connectivity index (χ4n) is 1.93. The maximum atomic E-state index is 13.0. The van der Waals surface area contributed by atoms with Crippen LogP contribution in [0.4, 0.5) is 13.2 Å². The van der Waals surface area contributed by atoms with Gasteiger partial charge in [0.2, 0.25) is 0 Å². The lowest BCUT2D eigenvalue weighted by atomic mass is 10.1. The molecule has 1 amide bonds. The lowest BCUT2D eigenvalue weighted by Gasteiger charge is -2.13. The molecule has 0 aliphatic rings. The third-order valence-electron chi connectivity index (χ3n) is 3.00. The van der Waals surface area contributed by atoms with Gasteiger partial charge in [-0.25, -0.2) is 0 Å². The number of amides is 1. The summed E-state index contributed by atoms with van der Waals surface area (Å²) in [6.07, 6.45) is 0.647. The van der Waals surface area contributed by atoms with Gasteiger partial charge in [-0.05, 0) is 36.6 Å². The van der Waals surface area contributed by atoms with Crippen molar-refractivity contribution in [1.82, 2.24) is 9.88 Å². The predicted octanol–water partition coefficient (Wildman–Crippen LogP) is 3.59. The van der Waals surface area contributed by atoms with E-state index in [9.17, 15) is 18.0 Å². The zero-order valence-electron chi connectivity index (χ0n) is 11.9. The van der Waals surface area contributed by atoms with E-state index in [1.54, 1.807) is 36.3 Å². The van der Waals surface area contributed by atoms with E-state index in [2.05, 4.69) is 5.32 Å². The topological polar surface area (TPSA) is 34.0 Å². The van der Waals surface area contributed by atoms with Crippen LogP contribution in [0.25, 0.3) is 5.69 Å². The van der Waals surface area contributed by atoms with Gasteiger partial charge in [0.1, 0.15) is 0 Å². The number of carbonyl (C=O) groups excluding carboxylic acids is 1. The number of nitrogens with zero attached hydrogens (tertiary/aromatic N) is 1. The van der Waals surface area contributed by atoms with Crippen molar-refractivity contribution in [3.63, 3.8) is 0 Å². The Hall–Kier alpha value is -1.89. The van der Waals surface area contributed by atoms with E-state index in [0.717, 1.165) is 12.1 Å². The number of nitrogens with one attached hydrogen (secondary N) is 1. The van der Waals surface area contributed by atoms with Crippen LogP contribution in [0.3, 0.4) is 0 Å². The minimum Gasteiger partial charge on any atom is -0.351 e. The van der Waals surface area contributed by atoms with E-state index < -0.39 is 17.6 Å². The molecule has 0 aliphatic carbocycles. The van der Waals surface area contributed by atoms with Crippen molar-refractivity contribution in [2.75, 3.05) is 18.6 Å². The van der Waals surface area contributed by atoms with Gasteiger partial charge in [0.05, 0.1) is 5.56 Å². The average Bonchev–Trinajstić information content (AvgIpc) is 3.00. The third kappa shape index (κ3) is 4.07. The summed E-state index contributed by atoms with van der Waals surface area (Å²) in [6, 6.07) is 6.76. The van der Waals surface area contributed by atoms with Gasteiger partial charge in [0, 0.05) is 35.9 Å². The van der Waals surface area contributed by atoms with Gasteiger partial charge in [-0.2, -0.15) is 24.9 Å².